The molecule has 1 N–H and O–H groups in total. The van der Waals surface area contributed by atoms with Crippen LogP contribution < -0.4 is 10.1 Å². The Kier molecular flexibility index (Phi) is 7.34. The van der Waals surface area contributed by atoms with E-state index in [4.69, 9.17) is 4.74 Å². The third-order valence-corrected chi connectivity index (χ3v) is 4.81. The Morgan fingerprint density at radius 3 is 2.52 bits per heavy atom. The molecule has 0 saturated carbocycles. The van der Waals surface area contributed by atoms with Crippen LogP contribution in [0.3, 0.4) is 0 Å². The number of hydrogen-bond acceptors (Lipinski definition) is 3. The summed E-state index contributed by atoms with van der Waals surface area (Å²) in [6, 6.07) is 19.1. The van der Waals surface area contributed by atoms with Crippen LogP contribution in [0.2, 0.25) is 0 Å². The highest BCUT2D eigenvalue weighted by Gasteiger charge is 2.11. The van der Waals surface area contributed by atoms with Crippen molar-refractivity contribution in [2.24, 2.45) is 0 Å². The van der Waals surface area contributed by atoms with E-state index in [0.29, 0.717) is 0 Å². The van der Waals surface area contributed by atoms with Crippen LogP contribution in [0.1, 0.15) is 30.4 Å². The fourth-order valence-electron chi connectivity index (χ4n) is 3.37. The summed E-state index contributed by atoms with van der Waals surface area (Å²) in [6.07, 6.45) is 4.86. The van der Waals surface area contributed by atoms with Gasteiger partial charge in [0.05, 0.1) is 0 Å². The minimum absolute atomic E-state index is 0.795. The second kappa shape index (κ2) is 10.2. The zero-order chi connectivity index (χ0) is 17.2. The van der Waals surface area contributed by atoms with E-state index in [9.17, 15) is 0 Å². The number of para-hydroxylation sites is 1. The van der Waals surface area contributed by atoms with Crippen LogP contribution in [0, 0.1) is 0 Å². The number of hydrogen-bond donors (Lipinski definition) is 1. The minimum atomic E-state index is 0.795. The fourth-order valence-corrected chi connectivity index (χ4v) is 3.37. The lowest BCUT2D eigenvalue weighted by molar-refractivity contribution is 0.236. The molecule has 3 heteroatoms. The molecule has 1 fully saturated rings. The molecule has 2 aromatic rings. The van der Waals surface area contributed by atoms with E-state index in [-0.39, 0.29) is 0 Å². The van der Waals surface area contributed by atoms with Crippen molar-refractivity contribution in [3.63, 3.8) is 0 Å². The number of rotatable bonds is 10. The zero-order valence-corrected chi connectivity index (χ0v) is 15.1. The summed E-state index contributed by atoms with van der Waals surface area (Å²) in [5.74, 6) is 1.06. The molecule has 25 heavy (non-hydrogen) atoms. The van der Waals surface area contributed by atoms with Gasteiger partial charge in [-0.15, -0.1) is 0 Å². The molecular weight excluding hydrogens is 308 g/mol. The van der Waals surface area contributed by atoms with Crippen molar-refractivity contribution in [1.82, 2.24) is 10.2 Å². The van der Waals surface area contributed by atoms with E-state index in [1.54, 1.807) is 0 Å². The van der Waals surface area contributed by atoms with Gasteiger partial charge in [0.15, 0.2) is 0 Å². The van der Waals surface area contributed by atoms with Crippen molar-refractivity contribution >= 4 is 0 Å². The van der Waals surface area contributed by atoms with Gasteiger partial charge in [-0.05, 0) is 62.5 Å². The molecule has 3 rings (SSSR count). The van der Waals surface area contributed by atoms with Gasteiger partial charge in [0.25, 0.3) is 0 Å². The lowest BCUT2D eigenvalue weighted by atomic mass is 10.1. The van der Waals surface area contributed by atoms with Crippen LogP contribution in [0.4, 0.5) is 0 Å². The van der Waals surface area contributed by atoms with Crippen molar-refractivity contribution in [1.29, 1.82) is 0 Å². The number of nitrogens with zero attached hydrogens (tertiary/aromatic N) is 1. The molecule has 134 valence electrons. The Labute approximate surface area is 152 Å². The summed E-state index contributed by atoms with van der Waals surface area (Å²) in [7, 11) is 0. The van der Waals surface area contributed by atoms with Crippen molar-refractivity contribution in [2.75, 3.05) is 32.8 Å². The predicted molar refractivity (Wildman–Crippen MR) is 104 cm³/mol. The number of aryl methyl sites for hydroxylation is 1. The number of nitrogens with one attached hydrogen (secondary N) is 1. The first-order valence-corrected chi connectivity index (χ1v) is 9.59. The predicted octanol–water partition coefficient (Wildman–Crippen LogP) is 3.88. The standard InChI is InChI=1S/C22H30N2O/c1-2-9-20(10-3-1)19-23-14-8-12-21-11-4-5-13-22(21)25-18-17-24-15-6-7-16-24/h1-5,9-11,13,23H,6-8,12,14-19H2. The van der Waals surface area contributed by atoms with Gasteiger partial charge in [0, 0.05) is 13.1 Å². The normalized spacial score (nSPS) is 14.7. The molecule has 0 amide bonds. The van der Waals surface area contributed by atoms with Gasteiger partial charge in [-0.25, -0.2) is 0 Å². The first-order chi connectivity index (χ1) is 12.4. The van der Waals surface area contributed by atoms with E-state index in [0.717, 1.165) is 44.8 Å². The number of likely N-dealkylation sites (tertiary alicyclic amines) is 1. The maximum absolute atomic E-state index is 6.06. The van der Waals surface area contributed by atoms with E-state index in [1.807, 2.05) is 0 Å². The highest BCUT2D eigenvalue weighted by Crippen LogP contribution is 2.19. The van der Waals surface area contributed by atoms with Crippen LogP contribution in [0.5, 0.6) is 5.75 Å². The SMILES string of the molecule is c1ccc(CNCCCc2ccccc2OCCN2CCCC2)cc1. The largest absolute Gasteiger partial charge is 0.492 e. The van der Waals surface area contributed by atoms with Crippen molar-refractivity contribution in [3.05, 3.63) is 65.7 Å². The molecule has 0 radical (unpaired) electrons. The van der Waals surface area contributed by atoms with Gasteiger partial charge in [0.2, 0.25) is 0 Å². The van der Waals surface area contributed by atoms with Gasteiger partial charge in [-0.3, -0.25) is 4.90 Å². The van der Waals surface area contributed by atoms with Crippen LogP contribution >= 0.6 is 0 Å². The molecular formula is C22H30N2O. The Balaban J connectivity index is 1.36. The molecule has 1 aliphatic heterocycles. The Bertz CT molecular complexity index is 608. The van der Waals surface area contributed by atoms with Crippen molar-refractivity contribution in [2.45, 2.75) is 32.2 Å². The van der Waals surface area contributed by atoms with Crippen LogP contribution in [0.25, 0.3) is 0 Å². The molecule has 1 saturated heterocycles. The molecule has 0 bridgehead atoms. The summed E-state index contributed by atoms with van der Waals surface area (Å²) in [6.45, 7) is 6.28. The molecule has 1 heterocycles. The number of ether oxygens (including phenoxy) is 1. The summed E-state index contributed by atoms with van der Waals surface area (Å²) in [5.41, 5.74) is 2.67. The zero-order valence-electron chi connectivity index (χ0n) is 15.1. The summed E-state index contributed by atoms with van der Waals surface area (Å²) < 4.78 is 6.06. The molecule has 2 aromatic carbocycles. The van der Waals surface area contributed by atoms with Gasteiger partial charge >= 0.3 is 0 Å². The molecule has 3 nitrogen and oxygen atoms in total. The Morgan fingerprint density at radius 1 is 0.920 bits per heavy atom. The maximum atomic E-state index is 6.06. The van der Waals surface area contributed by atoms with E-state index >= 15 is 0 Å². The topological polar surface area (TPSA) is 24.5 Å². The maximum Gasteiger partial charge on any atom is 0.122 e. The van der Waals surface area contributed by atoms with Gasteiger partial charge in [-0.1, -0.05) is 48.5 Å². The average Bonchev–Trinajstić information content (AvgIpc) is 3.17. The van der Waals surface area contributed by atoms with Crippen LogP contribution in [-0.4, -0.2) is 37.7 Å². The fraction of sp³-hybridized carbons (Fsp3) is 0.455. The monoisotopic (exact) mass is 338 g/mol. The van der Waals surface area contributed by atoms with Gasteiger partial charge < -0.3 is 10.1 Å². The van der Waals surface area contributed by atoms with E-state index in [1.165, 1.54) is 37.1 Å². The second-order valence-electron chi connectivity index (χ2n) is 6.77. The summed E-state index contributed by atoms with van der Waals surface area (Å²) >= 11 is 0. The summed E-state index contributed by atoms with van der Waals surface area (Å²) in [5, 5.41) is 3.52. The van der Waals surface area contributed by atoms with Gasteiger partial charge in [0.1, 0.15) is 12.4 Å². The quantitative estimate of drug-likeness (QED) is 0.665. The molecule has 0 spiro atoms. The first kappa shape index (κ1) is 18.0. The molecule has 1 aliphatic rings. The second-order valence-corrected chi connectivity index (χ2v) is 6.77. The lowest BCUT2D eigenvalue weighted by Gasteiger charge is -2.16. The Morgan fingerprint density at radius 2 is 1.68 bits per heavy atom. The van der Waals surface area contributed by atoms with Crippen LogP contribution in [-0.2, 0) is 13.0 Å². The van der Waals surface area contributed by atoms with Crippen LogP contribution in [0.15, 0.2) is 54.6 Å². The van der Waals surface area contributed by atoms with Crippen molar-refractivity contribution < 1.29 is 4.74 Å². The highest BCUT2D eigenvalue weighted by atomic mass is 16.5. The van der Waals surface area contributed by atoms with Gasteiger partial charge in [-0.2, -0.15) is 0 Å². The third-order valence-electron chi connectivity index (χ3n) is 4.81. The molecule has 0 atom stereocenters. The smallest absolute Gasteiger partial charge is 0.122 e. The lowest BCUT2D eigenvalue weighted by Crippen LogP contribution is -2.25. The highest BCUT2D eigenvalue weighted by molar-refractivity contribution is 5.33. The summed E-state index contributed by atoms with van der Waals surface area (Å²) in [4.78, 5) is 2.50. The first-order valence-electron chi connectivity index (χ1n) is 9.59. The average molecular weight is 338 g/mol. The van der Waals surface area contributed by atoms with E-state index in [2.05, 4.69) is 64.8 Å². The van der Waals surface area contributed by atoms with E-state index < -0.39 is 0 Å². The molecule has 0 aromatic heterocycles. The van der Waals surface area contributed by atoms with Crippen molar-refractivity contribution in [3.8, 4) is 5.75 Å². The number of benzene rings is 2. The molecule has 0 aliphatic carbocycles. The Hall–Kier alpha value is -1.84. The third kappa shape index (κ3) is 6.18. The molecule has 0 unspecified atom stereocenters. The minimum Gasteiger partial charge on any atom is -0.492 e.